The van der Waals surface area contributed by atoms with Crippen LogP contribution in [0.2, 0.25) is 0 Å². The van der Waals surface area contributed by atoms with E-state index in [1.807, 2.05) is 6.07 Å². The van der Waals surface area contributed by atoms with Crippen molar-refractivity contribution in [2.75, 3.05) is 6.79 Å². The summed E-state index contributed by atoms with van der Waals surface area (Å²) in [6, 6.07) is 4.00. The van der Waals surface area contributed by atoms with Gasteiger partial charge in [-0.3, -0.25) is 0 Å². The minimum atomic E-state index is 0.346. The predicted octanol–water partition coefficient (Wildman–Crippen LogP) is 2.74. The lowest BCUT2D eigenvalue weighted by Gasteiger charge is -2.03. The number of hydrogen-bond donors (Lipinski definition) is 0. The van der Waals surface area contributed by atoms with Crippen LogP contribution in [-0.4, -0.2) is 6.79 Å². The third-order valence-electron chi connectivity index (χ3n) is 1.90. The number of hydrogen-bond acceptors (Lipinski definition) is 2. The fraction of sp³-hybridized carbons (Fsp3) is 0.333. The predicted molar refractivity (Wildman–Crippen MR) is 49.6 cm³/mol. The van der Waals surface area contributed by atoms with Gasteiger partial charge in [0.1, 0.15) is 0 Å². The highest BCUT2D eigenvalue weighted by Crippen LogP contribution is 2.38. The Morgan fingerprint density at radius 1 is 1.42 bits per heavy atom. The monoisotopic (exact) mass is 228 g/mol. The standard InChI is InChI=1S/C9H9BrO2/c1-2-6-3-7(10)4-8-9(6)12-5-11-8/h3-4H,2,5H2,1H3. The molecule has 3 heteroatoms. The number of aryl methyl sites for hydroxylation is 1. The maximum Gasteiger partial charge on any atom is 0.231 e. The largest absolute Gasteiger partial charge is 0.454 e. The van der Waals surface area contributed by atoms with Crippen molar-refractivity contribution in [3.05, 3.63) is 22.2 Å². The lowest BCUT2D eigenvalue weighted by atomic mass is 10.1. The highest BCUT2D eigenvalue weighted by atomic mass is 79.9. The van der Waals surface area contributed by atoms with Gasteiger partial charge >= 0.3 is 0 Å². The second-order valence-corrected chi connectivity index (χ2v) is 3.57. The van der Waals surface area contributed by atoms with Crippen LogP contribution in [0.25, 0.3) is 0 Å². The zero-order valence-corrected chi connectivity index (χ0v) is 8.35. The molecule has 64 valence electrons. The third kappa shape index (κ3) is 1.18. The van der Waals surface area contributed by atoms with Crippen LogP contribution in [0.5, 0.6) is 11.5 Å². The normalized spacial score (nSPS) is 13.5. The first-order chi connectivity index (χ1) is 5.81. The van der Waals surface area contributed by atoms with Crippen LogP contribution in [0, 0.1) is 0 Å². The summed E-state index contributed by atoms with van der Waals surface area (Å²) in [5.74, 6) is 1.75. The molecule has 0 aliphatic carbocycles. The van der Waals surface area contributed by atoms with E-state index in [0.717, 1.165) is 22.4 Å². The molecule has 0 N–H and O–H groups in total. The molecule has 0 bridgehead atoms. The summed E-state index contributed by atoms with van der Waals surface area (Å²) < 4.78 is 11.6. The molecule has 0 amide bonds. The van der Waals surface area contributed by atoms with Gasteiger partial charge in [-0.05, 0) is 24.1 Å². The van der Waals surface area contributed by atoms with Crippen molar-refractivity contribution in [2.45, 2.75) is 13.3 Å². The molecular weight excluding hydrogens is 220 g/mol. The van der Waals surface area contributed by atoms with Crippen molar-refractivity contribution in [3.8, 4) is 11.5 Å². The Morgan fingerprint density at radius 3 is 3.00 bits per heavy atom. The molecule has 1 heterocycles. The minimum absolute atomic E-state index is 0.346. The van der Waals surface area contributed by atoms with Crippen molar-refractivity contribution >= 4 is 15.9 Å². The van der Waals surface area contributed by atoms with Gasteiger partial charge in [0.05, 0.1) is 0 Å². The molecule has 0 saturated carbocycles. The molecule has 2 nitrogen and oxygen atoms in total. The number of benzene rings is 1. The smallest absolute Gasteiger partial charge is 0.231 e. The van der Waals surface area contributed by atoms with E-state index in [2.05, 4.69) is 28.9 Å². The van der Waals surface area contributed by atoms with E-state index in [0.29, 0.717) is 6.79 Å². The molecule has 1 aromatic rings. The van der Waals surface area contributed by atoms with Gasteiger partial charge in [0, 0.05) is 4.47 Å². The van der Waals surface area contributed by atoms with Crippen LogP contribution >= 0.6 is 15.9 Å². The Hall–Kier alpha value is -0.700. The van der Waals surface area contributed by atoms with Gasteiger partial charge in [-0.2, -0.15) is 0 Å². The van der Waals surface area contributed by atoms with Crippen LogP contribution in [0.1, 0.15) is 12.5 Å². The van der Waals surface area contributed by atoms with Gasteiger partial charge in [0.15, 0.2) is 11.5 Å². The summed E-state index contributed by atoms with van der Waals surface area (Å²) in [5, 5.41) is 0. The summed E-state index contributed by atoms with van der Waals surface area (Å²) in [7, 11) is 0. The van der Waals surface area contributed by atoms with Crippen LogP contribution in [-0.2, 0) is 6.42 Å². The first-order valence-electron chi connectivity index (χ1n) is 3.89. The summed E-state index contributed by atoms with van der Waals surface area (Å²) in [4.78, 5) is 0. The number of fused-ring (bicyclic) bond motifs is 1. The topological polar surface area (TPSA) is 18.5 Å². The fourth-order valence-corrected chi connectivity index (χ4v) is 1.79. The summed E-state index contributed by atoms with van der Waals surface area (Å²) in [6.07, 6.45) is 0.963. The third-order valence-corrected chi connectivity index (χ3v) is 2.35. The van der Waals surface area contributed by atoms with Crippen LogP contribution < -0.4 is 9.47 Å². The molecule has 0 aromatic heterocycles. The molecule has 1 aromatic carbocycles. The summed E-state index contributed by atoms with van der Waals surface area (Å²) >= 11 is 3.42. The zero-order chi connectivity index (χ0) is 8.55. The Morgan fingerprint density at radius 2 is 2.25 bits per heavy atom. The lowest BCUT2D eigenvalue weighted by Crippen LogP contribution is -1.94. The van der Waals surface area contributed by atoms with Crippen molar-refractivity contribution in [2.24, 2.45) is 0 Å². The zero-order valence-electron chi connectivity index (χ0n) is 6.76. The summed E-state index contributed by atoms with van der Waals surface area (Å²) in [6.45, 7) is 2.45. The quantitative estimate of drug-likeness (QED) is 0.737. The van der Waals surface area contributed by atoms with Crippen LogP contribution in [0.15, 0.2) is 16.6 Å². The average Bonchev–Trinajstić information content (AvgIpc) is 2.50. The molecule has 0 spiro atoms. The van der Waals surface area contributed by atoms with E-state index in [1.54, 1.807) is 0 Å². The maximum atomic E-state index is 5.33. The molecule has 0 unspecified atom stereocenters. The van der Waals surface area contributed by atoms with Crippen molar-refractivity contribution in [3.63, 3.8) is 0 Å². The van der Waals surface area contributed by atoms with Crippen molar-refractivity contribution in [1.82, 2.24) is 0 Å². The number of ether oxygens (including phenoxy) is 2. The molecule has 0 atom stereocenters. The van der Waals surface area contributed by atoms with E-state index in [4.69, 9.17) is 9.47 Å². The van der Waals surface area contributed by atoms with Crippen molar-refractivity contribution < 1.29 is 9.47 Å². The van der Waals surface area contributed by atoms with E-state index in [1.165, 1.54) is 5.56 Å². The Kier molecular flexibility index (Phi) is 1.97. The van der Waals surface area contributed by atoms with Gasteiger partial charge in [-0.1, -0.05) is 22.9 Å². The van der Waals surface area contributed by atoms with Crippen LogP contribution in [0.4, 0.5) is 0 Å². The molecule has 1 aliphatic rings. The van der Waals surface area contributed by atoms with E-state index in [-0.39, 0.29) is 0 Å². The molecule has 0 radical (unpaired) electrons. The van der Waals surface area contributed by atoms with E-state index < -0.39 is 0 Å². The molecule has 0 fully saturated rings. The van der Waals surface area contributed by atoms with Gasteiger partial charge in [0.25, 0.3) is 0 Å². The lowest BCUT2D eigenvalue weighted by molar-refractivity contribution is 0.173. The molecule has 0 saturated heterocycles. The highest BCUT2D eigenvalue weighted by molar-refractivity contribution is 9.10. The second kappa shape index (κ2) is 2.98. The highest BCUT2D eigenvalue weighted by Gasteiger charge is 2.17. The fourth-order valence-electron chi connectivity index (χ4n) is 1.31. The van der Waals surface area contributed by atoms with Crippen molar-refractivity contribution in [1.29, 1.82) is 0 Å². The molecule has 1 aliphatic heterocycles. The van der Waals surface area contributed by atoms with E-state index in [9.17, 15) is 0 Å². The second-order valence-electron chi connectivity index (χ2n) is 2.65. The minimum Gasteiger partial charge on any atom is -0.454 e. The molecule has 12 heavy (non-hydrogen) atoms. The molecule has 2 rings (SSSR count). The summed E-state index contributed by atoms with van der Waals surface area (Å²) in [5.41, 5.74) is 1.19. The first kappa shape index (κ1) is 7.92. The van der Waals surface area contributed by atoms with Crippen LogP contribution in [0.3, 0.4) is 0 Å². The number of rotatable bonds is 1. The average molecular weight is 229 g/mol. The number of halogens is 1. The Labute approximate surface area is 79.6 Å². The van der Waals surface area contributed by atoms with Gasteiger partial charge in [0.2, 0.25) is 6.79 Å². The van der Waals surface area contributed by atoms with Gasteiger partial charge in [-0.25, -0.2) is 0 Å². The van der Waals surface area contributed by atoms with E-state index >= 15 is 0 Å². The first-order valence-corrected chi connectivity index (χ1v) is 4.68. The molecular formula is C9H9BrO2. The SMILES string of the molecule is CCc1cc(Br)cc2c1OCO2. The van der Waals surface area contributed by atoms with Gasteiger partial charge < -0.3 is 9.47 Å². The van der Waals surface area contributed by atoms with Gasteiger partial charge in [-0.15, -0.1) is 0 Å². The Bertz CT molecular complexity index is 310. The maximum absolute atomic E-state index is 5.33. The Balaban J connectivity index is 2.55.